The topological polar surface area (TPSA) is 109 Å². The molecular weight excluding hydrogens is 514 g/mol. The number of thiazole rings is 1. The lowest BCUT2D eigenvalue weighted by Gasteiger charge is -2.34. The number of carbonyl (C=O) groups excluding carboxylic acids is 3. The molecule has 3 atom stereocenters. The van der Waals surface area contributed by atoms with Crippen LogP contribution >= 0.6 is 11.3 Å². The highest BCUT2D eigenvalue weighted by Crippen LogP contribution is 2.29. The second kappa shape index (κ2) is 12.1. The number of esters is 1. The van der Waals surface area contributed by atoms with E-state index in [2.05, 4.69) is 10.3 Å². The summed E-state index contributed by atoms with van der Waals surface area (Å²) in [5.74, 6) is -1.36. The second-order valence-corrected chi connectivity index (χ2v) is 11.8. The lowest BCUT2D eigenvalue weighted by atomic mass is 9.87. The van der Waals surface area contributed by atoms with E-state index in [1.807, 2.05) is 87.8 Å². The minimum atomic E-state index is -1.10. The van der Waals surface area contributed by atoms with Crippen LogP contribution in [0, 0.1) is 12.3 Å². The maximum absolute atomic E-state index is 13.6. The van der Waals surface area contributed by atoms with Crippen molar-refractivity contribution < 1.29 is 24.2 Å². The van der Waals surface area contributed by atoms with Crippen molar-refractivity contribution in [2.75, 3.05) is 6.54 Å². The minimum Gasteiger partial charge on any atom is -0.451 e. The van der Waals surface area contributed by atoms with Crippen molar-refractivity contribution in [3.8, 4) is 10.4 Å². The molecule has 2 aromatic carbocycles. The van der Waals surface area contributed by atoms with Crippen LogP contribution in [0.5, 0.6) is 0 Å². The fourth-order valence-corrected chi connectivity index (χ4v) is 5.46. The summed E-state index contributed by atoms with van der Waals surface area (Å²) in [7, 11) is 0. The van der Waals surface area contributed by atoms with Crippen LogP contribution < -0.4 is 5.32 Å². The van der Waals surface area contributed by atoms with Gasteiger partial charge in [-0.2, -0.15) is 0 Å². The largest absolute Gasteiger partial charge is 0.451 e. The average molecular weight is 550 g/mol. The molecule has 0 spiro atoms. The maximum Gasteiger partial charge on any atom is 0.311 e. The zero-order valence-corrected chi connectivity index (χ0v) is 23.5. The standard InChI is InChI=1S/C30H35N3O5S/c1-19-26(39-18-32-19)22-12-10-21(11-13-22)16-31-28(36)24-15-23(34)17-33(24)29(37)27(30(2,3)4)38-25(35)14-20-8-6-5-7-9-20/h5-13,18,23-24,27,34H,14-17H2,1-4H3,(H,31,36)/t23-,24+,27-/m1/s1. The number of likely N-dealkylation sites (tertiary alicyclic amines) is 1. The zero-order chi connectivity index (χ0) is 28.2. The molecule has 0 aliphatic carbocycles. The first-order valence-electron chi connectivity index (χ1n) is 13.0. The summed E-state index contributed by atoms with van der Waals surface area (Å²) in [6, 6.07) is 16.2. The Hall–Kier alpha value is -3.56. The molecule has 0 saturated carbocycles. The molecule has 9 heteroatoms. The van der Waals surface area contributed by atoms with Crippen LogP contribution in [0.4, 0.5) is 0 Å². The normalized spacial score (nSPS) is 18.0. The molecule has 0 bridgehead atoms. The van der Waals surface area contributed by atoms with E-state index in [1.54, 1.807) is 11.3 Å². The summed E-state index contributed by atoms with van der Waals surface area (Å²) >= 11 is 1.58. The lowest BCUT2D eigenvalue weighted by molar-refractivity contribution is -0.168. The van der Waals surface area contributed by atoms with Crippen molar-refractivity contribution in [1.82, 2.24) is 15.2 Å². The molecule has 0 radical (unpaired) electrons. The van der Waals surface area contributed by atoms with Crippen LogP contribution in [0.1, 0.15) is 44.0 Å². The molecule has 39 heavy (non-hydrogen) atoms. The van der Waals surface area contributed by atoms with Crippen LogP contribution in [-0.4, -0.2) is 57.6 Å². The summed E-state index contributed by atoms with van der Waals surface area (Å²) in [6.45, 7) is 7.68. The molecule has 1 saturated heterocycles. The van der Waals surface area contributed by atoms with E-state index < -0.39 is 35.5 Å². The number of aryl methyl sites for hydroxylation is 1. The summed E-state index contributed by atoms with van der Waals surface area (Å²) in [6.07, 6.45) is -1.78. The van der Waals surface area contributed by atoms with Crippen LogP contribution in [0.15, 0.2) is 60.1 Å². The molecule has 8 nitrogen and oxygen atoms in total. The van der Waals surface area contributed by atoms with E-state index >= 15 is 0 Å². The third-order valence-electron chi connectivity index (χ3n) is 6.74. The van der Waals surface area contributed by atoms with E-state index in [-0.39, 0.29) is 31.8 Å². The molecular formula is C30H35N3O5S. The zero-order valence-electron chi connectivity index (χ0n) is 22.7. The van der Waals surface area contributed by atoms with E-state index in [0.29, 0.717) is 0 Å². The van der Waals surface area contributed by atoms with E-state index in [4.69, 9.17) is 4.74 Å². The summed E-state index contributed by atoms with van der Waals surface area (Å²) in [5, 5.41) is 13.3. The second-order valence-electron chi connectivity index (χ2n) is 11.0. The number of nitrogens with zero attached hydrogens (tertiary/aromatic N) is 2. The first kappa shape index (κ1) is 28.4. The third-order valence-corrected chi connectivity index (χ3v) is 7.72. The van der Waals surface area contributed by atoms with Crippen molar-refractivity contribution in [1.29, 1.82) is 0 Å². The Labute approximate surface area is 233 Å². The number of hydrogen-bond acceptors (Lipinski definition) is 7. The number of rotatable bonds is 8. The van der Waals surface area contributed by atoms with Crippen molar-refractivity contribution in [2.24, 2.45) is 5.41 Å². The third kappa shape index (κ3) is 7.10. The van der Waals surface area contributed by atoms with Gasteiger partial charge in [0.25, 0.3) is 5.91 Å². The molecule has 206 valence electrons. The molecule has 4 rings (SSSR count). The Kier molecular flexibility index (Phi) is 8.82. The first-order chi connectivity index (χ1) is 18.5. The number of carbonyl (C=O) groups is 3. The Morgan fingerprint density at radius 2 is 1.79 bits per heavy atom. The highest BCUT2D eigenvalue weighted by Gasteiger charge is 2.45. The summed E-state index contributed by atoms with van der Waals surface area (Å²) in [5.41, 5.74) is 4.84. The van der Waals surface area contributed by atoms with E-state index in [0.717, 1.165) is 27.3 Å². The van der Waals surface area contributed by atoms with Crippen molar-refractivity contribution in [3.05, 3.63) is 76.9 Å². The fraction of sp³-hybridized carbons (Fsp3) is 0.400. The number of hydrogen-bond donors (Lipinski definition) is 2. The maximum atomic E-state index is 13.6. The van der Waals surface area contributed by atoms with E-state index in [9.17, 15) is 19.5 Å². The predicted octanol–water partition coefficient (Wildman–Crippen LogP) is 3.90. The van der Waals surface area contributed by atoms with Gasteiger partial charge in [0.15, 0.2) is 6.10 Å². The molecule has 2 heterocycles. The number of benzene rings is 2. The number of ether oxygens (including phenoxy) is 1. The average Bonchev–Trinajstić information content (AvgIpc) is 3.51. The van der Waals surface area contributed by atoms with Gasteiger partial charge in [0, 0.05) is 24.9 Å². The molecule has 3 aromatic rings. The SMILES string of the molecule is Cc1ncsc1-c1ccc(CNC(=O)[C@@H]2C[C@@H](O)CN2C(=O)[C@@H](OC(=O)Cc2ccccc2)C(C)(C)C)cc1. The Morgan fingerprint density at radius 3 is 2.41 bits per heavy atom. The summed E-state index contributed by atoms with van der Waals surface area (Å²) in [4.78, 5) is 46.3. The predicted molar refractivity (Wildman–Crippen MR) is 150 cm³/mol. The smallest absolute Gasteiger partial charge is 0.311 e. The van der Waals surface area contributed by atoms with Gasteiger partial charge in [-0.1, -0.05) is 75.4 Å². The Balaban J connectivity index is 1.41. The highest BCUT2D eigenvalue weighted by molar-refractivity contribution is 7.13. The minimum absolute atomic E-state index is 0.00261. The fourth-order valence-electron chi connectivity index (χ4n) is 4.65. The highest BCUT2D eigenvalue weighted by atomic mass is 32.1. The molecule has 2 amide bonds. The van der Waals surface area contributed by atoms with Gasteiger partial charge >= 0.3 is 5.97 Å². The number of nitrogens with one attached hydrogen (secondary N) is 1. The number of β-amino-alcohol motifs (C(OH)–C–C–N with tert-alkyl or cyclic N) is 1. The molecule has 2 N–H and O–H groups in total. The molecule has 1 aliphatic heterocycles. The number of amides is 2. The van der Waals surface area contributed by atoms with E-state index in [1.165, 1.54) is 4.90 Å². The van der Waals surface area contributed by atoms with Crippen LogP contribution in [0.2, 0.25) is 0 Å². The number of aliphatic hydroxyl groups excluding tert-OH is 1. The number of aromatic nitrogens is 1. The summed E-state index contributed by atoms with van der Waals surface area (Å²) < 4.78 is 5.69. The first-order valence-corrected chi connectivity index (χ1v) is 13.9. The van der Waals surface area contributed by atoms with Gasteiger partial charge in [-0.05, 0) is 23.6 Å². The lowest BCUT2D eigenvalue weighted by Crippen LogP contribution is -2.53. The monoisotopic (exact) mass is 549 g/mol. The molecule has 1 aliphatic rings. The van der Waals surface area contributed by atoms with Crippen molar-refractivity contribution in [2.45, 2.75) is 65.3 Å². The molecule has 1 aromatic heterocycles. The Bertz CT molecular complexity index is 1300. The van der Waals surface area contributed by atoms with Gasteiger partial charge in [-0.3, -0.25) is 14.4 Å². The van der Waals surface area contributed by atoms with Crippen LogP contribution in [0.25, 0.3) is 10.4 Å². The van der Waals surface area contributed by atoms with Gasteiger partial charge in [-0.15, -0.1) is 11.3 Å². The van der Waals surface area contributed by atoms with Gasteiger partial charge in [0.1, 0.15) is 6.04 Å². The van der Waals surface area contributed by atoms with Gasteiger partial charge < -0.3 is 20.1 Å². The quantitative estimate of drug-likeness (QED) is 0.413. The van der Waals surface area contributed by atoms with Crippen LogP contribution in [-0.2, 0) is 32.1 Å². The van der Waals surface area contributed by atoms with Gasteiger partial charge in [0.2, 0.25) is 5.91 Å². The van der Waals surface area contributed by atoms with Gasteiger partial charge in [-0.25, -0.2) is 4.98 Å². The Morgan fingerprint density at radius 1 is 1.10 bits per heavy atom. The molecule has 0 unspecified atom stereocenters. The number of aliphatic hydroxyl groups is 1. The van der Waals surface area contributed by atoms with Crippen molar-refractivity contribution in [3.63, 3.8) is 0 Å². The van der Waals surface area contributed by atoms with Crippen LogP contribution in [0.3, 0.4) is 0 Å². The molecule has 1 fully saturated rings. The van der Waals surface area contributed by atoms with Crippen molar-refractivity contribution >= 4 is 29.1 Å². The van der Waals surface area contributed by atoms with Gasteiger partial charge in [0.05, 0.1) is 28.6 Å².